The maximum Gasteiger partial charge on any atom is 0.0468 e. The van der Waals surface area contributed by atoms with Gasteiger partial charge in [0.15, 0.2) is 0 Å². The van der Waals surface area contributed by atoms with Gasteiger partial charge in [-0.05, 0) is 25.2 Å². The smallest absolute Gasteiger partial charge is 0.0468 e. The van der Waals surface area contributed by atoms with E-state index in [0.29, 0.717) is 0 Å². The van der Waals surface area contributed by atoms with Crippen LogP contribution in [0.1, 0.15) is 97.3 Å². The van der Waals surface area contributed by atoms with E-state index in [-0.39, 0.29) is 0 Å². The van der Waals surface area contributed by atoms with Gasteiger partial charge in [0.1, 0.15) is 0 Å². The third-order valence-corrected chi connectivity index (χ3v) is 4.02. The fraction of sp³-hybridized carbons (Fsp3) is 0.900. The van der Waals surface area contributed by atoms with Gasteiger partial charge in [-0.3, -0.25) is 0 Å². The Morgan fingerprint density at radius 3 is 1.71 bits per heavy atom. The molecule has 0 saturated carbocycles. The minimum absolute atomic E-state index is 0.885. The van der Waals surface area contributed by atoms with E-state index in [1.54, 1.807) is 0 Å². The van der Waals surface area contributed by atoms with E-state index < -0.39 is 0 Å². The van der Waals surface area contributed by atoms with Gasteiger partial charge < -0.3 is 4.74 Å². The molecule has 0 bridgehead atoms. The highest BCUT2D eigenvalue weighted by Gasteiger charge is 1.95. The quantitative estimate of drug-likeness (QED) is 0.209. The first-order valence-corrected chi connectivity index (χ1v) is 9.46. The second-order valence-corrected chi connectivity index (χ2v) is 6.76. The molecule has 0 heterocycles. The molecule has 0 aliphatic carbocycles. The Balaban J connectivity index is 2.95. The van der Waals surface area contributed by atoms with Gasteiger partial charge in [-0.25, -0.2) is 0 Å². The number of allylic oxidation sites excluding steroid dienone is 1. The van der Waals surface area contributed by atoms with Crippen LogP contribution >= 0.6 is 0 Å². The molecule has 0 aromatic carbocycles. The van der Waals surface area contributed by atoms with Gasteiger partial charge in [0.25, 0.3) is 0 Å². The van der Waals surface area contributed by atoms with Gasteiger partial charge >= 0.3 is 0 Å². The van der Waals surface area contributed by atoms with Gasteiger partial charge in [-0.1, -0.05) is 84.1 Å². The predicted octanol–water partition coefficient (Wildman–Crippen LogP) is 6.92. The maximum absolute atomic E-state index is 5.59. The van der Waals surface area contributed by atoms with Crippen molar-refractivity contribution >= 4 is 0 Å². The average Bonchev–Trinajstić information content (AvgIpc) is 2.46. The van der Waals surface area contributed by atoms with Crippen molar-refractivity contribution in [2.24, 2.45) is 5.92 Å². The summed E-state index contributed by atoms with van der Waals surface area (Å²) in [6.45, 7) is 10.2. The molecule has 1 heteroatoms. The molecule has 0 aliphatic heterocycles. The zero-order valence-electron chi connectivity index (χ0n) is 14.9. The van der Waals surface area contributed by atoms with Gasteiger partial charge in [0.05, 0.1) is 0 Å². The molecule has 0 aromatic rings. The van der Waals surface area contributed by atoms with Crippen LogP contribution in [0.4, 0.5) is 0 Å². The van der Waals surface area contributed by atoms with E-state index in [9.17, 15) is 0 Å². The molecule has 0 unspecified atom stereocenters. The lowest BCUT2D eigenvalue weighted by molar-refractivity contribution is 0.128. The largest absolute Gasteiger partial charge is 0.381 e. The third kappa shape index (κ3) is 19.7. The Morgan fingerprint density at radius 2 is 1.19 bits per heavy atom. The van der Waals surface area contributed by atoms with Crippen molar-refractivity contribution < 1.29 is 4.74 Å². The minimum atomic E-state index is 0.885. The van der Waals surface area contributed by atoms with Crippen LogP contribution in [0.5, 0.6) is 0 Å². The Labute approximate surface area is 134 Å². The maximum atomic E-state index is 5.59. The van der Waals surface area contributed by atoms with Gasteiger partial charge in [-0.2, -0.15) is 0 Å². The second-order valence-electron chi connectivity index (χ2n) is 6.76. The number of unbranched alkanes of at least 4 members (excludes halogenated alkanes) is 10. The molecule has 0 atom stereocenters. The van der Waals surface area contributed by atoms with Crippen LogP contribution in [0.2, 0.25) is 0 Å². The Hall–Kier alpha value is -0.300. The Bertz CT molecular complexity index is 198. The molecule has 0 rings (SSSR count). The first-order chi connectivity index (χ1) is 10.3. The minimum Gasteiger partial charge on any atom is -0.381 e. The first-order valence-electron chi connectivity index (χ1n) is 9.46. The molecule has 0 saturated heterocycles. The van der Waals surface area contributed by atoms with Crippen molar-refractivity contribution in [3.63, 3.8) is 0 Å². The number of ether oxygens (including phenoxy) is 1. The van der Waals surface area contributed by atoms with Crippen molar-refractivity contribution in [2.45, 2.75) is 97.3 Å². The highest BCUT2D eigenvalue weighted by molar-refractivity contribution is 4.64. The molecular formula is C20H40O. The normalized spacial score (nSPS) is 11.2. The standard InChI is InChI=1S/C20H40O/c1-4-5-15-18-21-19-16-13-11-9-7-6-8-10-12-14-17-20(2)3/h4,20H,1,5-19H2,2-3H3. The highest BCUT2D eigenvalue weighted by Crippen LogP contribution is 2.13. The number of rotatable bonds is 17. The summed E-state index contributed by atoms with van der Waals surface area (Å²) in [6.07, 6.45) is 19.6. The Kier molecular flexibility index (Phi) is 17.5. The van der Waals surface area contributed by atoms with Gasteiger partial charge in [0, 0.05) is 13.2 Å². The van der Waals surface area contributed by atoms with E-state index in [1.165, 1.54) is 70.6 Å². The van der Waals surface area contributed by atoms with E-state index in [0.717, 1.165) is 32.0 Å². The molecule has 0 aromatic heterocycles. The van der Waals surface area contributed by atoms with E-state index in [1.807, 2.05) is 6.08 Å². The van der Waals surface area contributed by atoms with E-state index in [4.69, 9.17) is 4.74 Å². The molecule has 21 heavy (non-hydrogen) atoms. The lowest BCUT2D eigenvalue weighted by atomic mass is 10.0. The van der Waals surface area contributed by atoms with Crippen LogP contribution in [0.15, 0.2) is 12.7 Å². The fourth-order valence-corrected chi connectivity index (χ4v) is 2.60. The van der Waals surface area contributed by atoms with Gasteiger partial charge in [-0.15, -0.1) is 6.58 Å². The Morgan fingerprint density at radius 1 is 0.714 bits per heavy atom. The molecule has 0 aliphatic rings. The van der Waals surface area contributed by atoms with Crippen molar-refractivity contribution in [3.8, 4) is 0 Å². The molecule has 0 radical (unpaired) electrons. The van der Waals surface area contributed by atoms with Crippen molar-refractivity contribution in [1.29, 1.82) is 0 Å². The summed E-state index contributed by atoms with van der Waals surface area (Å²) in [5, 5.41) is 0. The molecule has 0 spiro atoms. The van der Waals surface area contributed by atoms with Crippen LogP contribution in [0.25, 0.3) is 0 Å². The van der Waals surface area contributed by atoms with Crippen molar-refractivity contribution in [1.82, 2.24) is 0 Å². The summed E-state index contributed by atoms with van der Waals surface area (Å²) < 4.78 is 5.59. The van der Waals surface area contributed by atoms with Gasteiger partial charge in [0.2, 0.25) is 0 Å². The fourth-order valence-electron chi connectivity index (χ4n) is 2.60. The SMILES string of the molecule is C=CCCCOCCCCCCCCCCCCC(C)C. The topological polar surface area (TPSA) is 9.23 Å². The molecule has 1 nitrogen and oxygen atoms in total. The first kappa shape index (κ1) is 20.7. The summed E-state index contributed by atoms with van der Waals surface area (Å²) >= 11 is 0. The van der Waals surface area contributed by atoms with E-state index >= 15 is 0 Å². The van der Waals surface area contributed by atoms with Crippen LogP contribution in [-0.4, -0.2) is 13.2 Å². The highest BCUT2D eigenvalue weighted by atomic mass is 16.5. The van der Waals surface area contributed by atoms with E-state index in [2.05, 4.69) is 20.4 Å². The van der Waals surface area contributed by atoms with Crippen LogP contribution in [0, 0.1) is 5.92 Å². The van der Waals surface area contributed by atoms with Crippen molar-refractivity contribution in [2.75, 3.05) is 13.2 Å². The zero-order valence-corrected chi connectivity index (χ0v) is 14.9. The average molecular weight is 297 g/mol. The summed E-state index contributed by atoms with van der Waals surface area (Å²) in [5.41, 5.74) is 0. The van der Waals surface area contributed by atoms with Crippen LogP contribution in [-0.2, 0) is 4.74 Å². The summed E-state index contributed by atoms with van der Waals surface area (Å²) in [4.78, 5) is 0. The van der Waals surface area contributed by atoms with Crippen LogP contribution < -0.4 is 0 Å². The second kappa shape index (κ2) is 17.8. The zero-order chi connectivity index (χ0) is 15.6. The molecule has 0 amide bonds. The lowest BCUT2D eigenvalue weighted by Gasteiger charge is -2.05. The predicted molar refractivity (Wildman–Crippen MR) is 95.9 cm³/mol. The third-order valence-electron chi connectivity index (χ3n) is 4.02. The lowest BCUT2D eigenvalue weighted by Crippen LogP contribution is -1.96. The molecular weight excluding hydrogens is 256 g/mol. The summed E-state index contributed by atoms with van der Waals surface area (Å²) in [5.74, 6) is 0.885. The molecule has 0 N–H and O–H groups in total. The number of hydrogen-bond acceptors (Lipinski definition) is 1. The summed E-state index contributed by atoms with van der Waals surface area (Å²) in [6, 6.07) is 0. The van der Waals surface area contributed by atoms with Crippen LogP contribution in [0.3, 0.4) is 0 Å². The molecule has 126 valence electrons. The van der Waals surface area contributed by atoms with Crippen molar-refractivity contribution in [3.05, 3.63) is 12.7 Å². The number of hydrogen-bond donors (Lipinski definition) is 0. The summed E-state index contributed by atoms with van der Waals surface area (Å²) in [7, 11) is 0. The monoisotopic (exact) mass is 296 g/mol. The molecule has 0 fully saturated rings.